The topological polar surface area (TPSA) is 65.1 Å². The molecule has 0 aromatic carbocycles. The molecule has 4 unspecified atom stereocenters. The summed E-state index contributed by atoms with van der Waals surface area (Å²) >= 11 is 6.09. The number of nitrogens with one attached hydrogen (secondary N) is 3. The van der Waals surface area contributed by atoms with Gasteiger partial charge in [0.05, 0.1) is 11.6 Å². The molecule has 0 radical (unpaired) electrons. The summed E-state index contributed by atoms with van der Waals surface area (Å²) in [4.78, 5) is 11.8. The first-order valence-corrected chi connectivity index (χ1v) is 10.1. The van der Waals surface area contributed by atoms with Crippen molar-refractivity contribution in [2.24, 2.45) is 22.7 Å². The van der Waals surface area contributed by atoms with E-state index >= 15 is 0 Å². The molecule has 2 bridgehead atoms. The van der Waals surface area contributed by atoms with Crippen LogP contribution in [0, 0.1) is 17.8 Å². The fourth-order valence-electron chi connectivity index (χ4n) is 5.13. The summed E-state index contributed by atoms with van der Waals surface area (Å²) in [7, 11) is 0. The number of hydrogen-bond acceptors (Lipinski definition) is 4. The van der Waals surface area contributed by atoms with Crippen LogP contribution < -0.4 is 10.6 Å². The third-order valence-corrected chi connectivity index (χ3v) is 6.66. The molecule has 2 saturated carbocycles. The summed E-state index contributed by atoms with van der Waals surface area (Å²) < 4.78 is 14.5. The minimum atomic E-state index is -0.246. The van der Waals surface area contributed by atoms with Crippen LogP contribution in [0.25, 0.3) is 11.0 Å². The van der Waals surface area contributed by atoms with Crippen LogP contribution in [0.5, 0.6) is 0 Å². The first-order chi connectivity index (χ1) is 13.1. The lowest BCUT2D eigenvalue weighted by molar-refractivity contribution is 0.267. The largest absolute Gasteiger partial charge is 0.367 e. The molecule has 0 saturated heterocycles. The number of aromatic amines is 1. The molecule has 4 atom stereocenters. The van der Waals surface area contributed by atoms with Gasteiger partial charge in [-0.1, -0.05) is 18.0 Å². The van der Waals surface area contributed by atoms with Crippen LogP contribution in [0.3, 0.4) is 0 Å². The van der Waals surface area contributed by atoms with Crippen LogP contribution in [0.2, 0.25) is 5.02 Å². The molecule has 2 aliphatic carbocycles. The molecule has 2 fully saturated rings. The van der Waals surface area contributed by atoms with Crippen LogP contribution in [0.4, 0.5) is 4.39 Å². The van der Waals surface area contributed by atoms with E-state index in [1.165, 1.54) is 25.7 Å². The predicted octanol–water partition coefficient (Wildman–Crippen LogP) is 4.12. The first kappa shape index (κ1) is 17.0. The number of aromatic nitrogens is 2. The molecular formula is C20H23ClFN5. The van der Waals surface area contributed by atoms with Gasteiger partial charge in [-0.25, -0.2) is 9.37 Å². The fraction of sp³-hybridized carbons (Fsp3) is 0.500. The predicted molar refractivity (Wildman–Crippen MR) is 105 cm³/mol. The maximum Gasteiger partial charge on any atom is 0.162 e. The van der Waals surface area contributed by atoms with Gasteiger partial charge in [-0.3, -0.25) is 4.99 Å². The van der Waals surface area contributed by atoms with Gasteiger partial charge >= 0.3 is 0 Å². The second kappa shape index (κ2) is 6.51. The number of rotatable bonds is 4. The third-order valence-electron chi connectivity index (χ3n) is 6.45. The third kappa shape index (κ3) is 3.00. The van der Waals surface area contributed by atoms with Crippen molar-refractivity contribution >= 4 is 28.5 Å². The first-order valence-electron chi connectivity index (χ1n) is 9.68. The van der Waals surface area contributed by atoms with Crippen LogP contribution in [-0.2, 0) is 0 Å². The smallest absolute Gasteiger partial charge is 0.162 e. The van der Waals surface area contributed by atoms with Gasteiger partial charge in [-0.15, -0.1) is 0 Å². The second-order valence-corrected chi connectivity index (χ2v) is 8.53. The molecule has 7 heteroatoms. The van der Waals surface area contributed by atoms with Crippen molar-refractivity contribution in [2.45, 2.75) is 38.6 Å². The number of halogens is 2. The summed E-state index contributed by atoms with van der Waals surface area (Å²) in [5.41, 5.74) is 1.58. The second-order valence-electron chi connectivity index (χ2n) is 8.09. The Kier molecular flexibility index (Phi) is 4.11. The van der Waals surface area contributed by atoms with E-state index in [1.807, 2.05) is 12.3 Å². The van der Waals surface area contributed by atoms with Gasteiger partial charge in [-0.2, -0.15) is 0 Å². The summed E-state index contributed by atoms with van der Waals surface area (Å²) in [5.74, 6) is 3.13. The van der Waals surface area contributed by atoms with Crippen molar-refractivity contribution in [1.82, 2.24) is 20.6 Å². The quantitative estimate of drug-likeness (QED) is 0.739. The Balaban J connectivity index is 1.35. The number of nitrogens with zero attached hydrogens (tertiary/aromatic N) is 2. The number of hydrogen-bond donors (Lipinski definition) is 3. The lowest BCUT2D eigenvalue weighted by Gasteiger charge is -2.31. The maximum atomic E-state index is 14.5. The summed E-state index contributed by atoms with van der Waals surface area (Å²) in [5, 5.41) is 8.01. The molecule has 27 heavy (non-hydrogen) atoms. The standard InChI is InChI=1S/C20H23ClFN5/c1-10(14-5-11-2-3-12(14)4-11)26-20-17(22)9-25-19(27-20)16-8-24-18-15(16)6-13(21)7-23-18/h6-8,10-12,14,26H,2-5,9H2,1H3,(H,23,24)(H,25,27). The molecule has 3 aliphatic rings. The molecule has 5 rings (SSSR count). The summed E-state index contributed by atoms with van der Waals surface area (Å²) in [6.07, 6.45) is 8.75. The van der Waals surface area contributed by atoms with E-state index in [0.717, 1.165) is 28.4 Å². The fourth-order valence-corrected chi connectivity index (χ4v) is 5.29. The number of aliphatic imine (C=N–C) groups is 1. The molecule has 3 heterocycles. The van der Waals surface area contributed by atoms with Gasteiger partial charge in [0.25, 0.3) is 0 Å². The van der Waals surface area contributed by atoms with E-state index in [-0.39, 0.29) is 18.4 Å². The summed E-state index contributed by atoms with van der Waals surface area (Å²) in [6, 6.07) is 2.09. The van der Waals surface area contributed by atoms with Crippen molar-refractivity contribution < 1.29 is 4.39 Å². The summed E-state index contributed by atoms with van der Waals surface area (Å²) in [6.45, 7) is 2.21. The van der Waals surface area contributed by atoms with Crippen LogP contribution in [0.1, 0.15) is 38.2 Å². The number of H-pyrrole nitrogens is 1. The molecule has 3 N–H and O–H groups in total. The minimum absolute atomic E-state index is 0.0365. The Morgan fingerprint density at radius 2 is 2.22 bits per heavy atom. The van der Waals surface area contributed by atoms with Gasteiger partial charge in [0.1, 0.15) is 17.3 Å². The average Bonchev–Trinajstić information content (AvgIpc) is 3.38. The normalized spacial score (nSPS) is 28.4. The van der Waals surface area contributed by atoms with Crippen molar-refractivity contribution in [3.8, 4) is 0 Å². The Bertz CT molecular complexity index is 949. The Morgan fingerprint density at radius 1 is 1.33 bits per heavy atom. The van der Waals surface area contributed by atoms with Crippen LogP contribution in [-0.4, -0.2) is 28.4 Å². The highest BCUT2D eigenvalue weighted by Gasteiger charge is 2.42. The molecule has 142 valence electrons. The molecule has 1 aliphatic heterocycles. The highest BCUT2D eigenvalue weighted by Crippen LogP contribution is 2.49. The lowest BCUT2D eigenvalue weighted by atomic mass is 9.84. The number of pyridine rings is 1. The highest BCUT2D eigenvalue weighted by molar-refractivity contribution is 6.31. The van der Waals surface area contributed by atoms with Crippen molar-refractivity contribution in [2.75, 3.05) is 6.54 Å². The maximum absolute atomic E-state index is 14.5. The Hall–Kier alpha value is -2.08. The van der Waals surface area contributed by atoms with Gasteiger partial charge in [0, 0.05) is 29.4 Å². The Labute approximate surface area is 162 Å². The molecule has 0 amide bonds. The van der Waals surface area contributed by atoms with Crippen molar-refractivity contribution in [3.05, 3.63) is 40.7 Å². The monoisotopic (exact) mass is 387 g/mol. The van der Waals surface area contributed by atoms with E-state index < -0.39 is 0 Å². The zero-order valence-corrected chi connectivity index (χ0v) is 16.0. The van der Waals surface area contributed by atoms with E-state index in [9.17, 15) is 4.39 Å². The van der Waals surface area contributed by atoms with Crippen LogP contribution >= 0.6 is 11.6 Å². The molecule has 2 aromatic heterocycles. The number of fused-ring (bicyclic) bond motifs is 3. The molecule has 2 aromatic rings. The highest BCUT2D eigenvalue weighted by atomic mass is 35.5. The van der Waals surface area contributed by atoms with E-state index in [2.05, 4.69) is 32.5 Å². The molecule has 5 nitrogen and oxygen atoms in total. The van der Waals surface area contributed by atoms with Gasteiger partial charge in [-0.05, 0) is 50.0 Å². The number of amidine groups is 1. The van der Waals surface area contributed by atoms with Crippen molar-refractivity contribution in [1.29, 1.82) is 0 Å². The molecular weight excluding hydrogens is 365 g/mol. The zero-order chi connectivity index (χ0) is 18.5. The van der Waals surface area contributed by atoms with Crippen molar-refractivity contribution in [3.63, 3.8) is 0 Å². The van der Waals surface area contributed by atoms with E-state index in [1.54, 1.807) is 6.20 Å². The minimum Gasteiger partial charge on any atom is -0.367 e. The van der Waals surface area contributed by atoms with Gasteiger partial charge in [0.2, 0.25) is 0 Å². The van der Waals surface area contributed by atoms with Gasteiger partial charge in [0.15, 0.2) is 5.83 Å². The zero-order valence-electron chi connectivity index (χ0n) is 15.2. The van der Waals surface area contributed by atoms with E-state index in [4.69, 9.17) is 11.6 Å². The van der Waals surface area contributed by atoms with Crippen LogP contribution in [0.15, 0.2) is 35.1 Å². The molecule has 0 spiro atoms. The average molecular weight is 388 g/mol. The lowest BCUT2D eigenvalue weighted by Crippen LogP contribution is -2.43. The SMILES string of the molecule is CC(NC1=C(F)CN=C(c2c[nH]c3ncc(Cl)cc23)N1)C1CC2CCC1C2. The Morgan fingerprint density at radius 3 is 3.00 bits per heavy atom. The van der Waals surface area contributed by atoms with E-state index in [0.29, 0.717) is 22.6 Å². The van der Waals surface area contributed by atoms with Gasteiger partial charge < -0.3 is 15.6 Å².